The molecule has 0 saturated carbocycles. The summed E-state index contributed by atoms with van der Waals surface area (Å²) in [6.07, 6.45) is 1.17. The van der Waals surface area contributed by atoms with Crippen molar-refractivity contribution in [2.45, 2.75) is 31.7 Å². The molecule has 0 aliphatic carbocycles. The Hall–Kier alpha value is -2.90. The molecule has 1 unspecified atom stereocenters. The van der Waals surface area contributed by atoms with Gasteiger partial charge in [0, 0.05) is 18.5 Å². The normalized spacial score (nSPS) is 19.5. The van der Waals surface area contributed by atoms with Crippen molar-refractivity contribution in [3.05, 3.63) is 35.4 Å². The molecule has 1 saturated heterocycles. The van der Waals surface area contributed by atoms with Gasteiger partial charge in [0.15, 0.2) is 0 Å². The molecule has 0 radical (unpaired) electrons. The fourth-order valence-corrected chi connectivity index (χ4v) is 2.41. The van der Waals surface area contributed by atoms with Crippen molar-refractivity contribution >= 4 is 23.8 Å². The summed E-state index contributed by atoms with van der Waals surface area (Å²) >= 11 is 0. The second kappa shape index (κ2) is 7.12. The molecule has 1 aliphatic rings. The molecule has 1 fully saturated rings. The highest BCUT2D eigenvalue weighted by Gasteiger charge is 2.43. The number of carbonyl (C=O) groups excluding carboxylic acids is 3. The number of hydrogen-bond donors (Lipinski definition) is 4. The van der Waals surface area contributed by atoms with E-state index in [-0.39, 0.29) is 12.3 Å². The maximum absolute atomic E-state index is 12.0. The predicted octanol–water partition coefficient (Wildman–Crippen LogP) is 0.726. The molecule has 128 valence electrons. The van der Waals surface area contributed by atoms with Crippen LogP contribution in [0, 0.1) is 0 Å². The van der Waals surface area contributed by atoms with E-state index in [0.29, 0.717) is 30.5 Å². The molecule has 1 aromatic rings. The van der Waals surface area contributed by atoms with Crippen molar-refractivity contribution in [1.29, 1.82) is 0 Å². The van der Waals surface area contributed by atoms with Gasteiger partial charge < -0.3 is 15.7 Å². The zero-order valence-corrected chi connectivity index (χ0v) is 13.2. The Morgan fingerprint density at radius 1 is 1.17 bits per heavy atom. The summed E-state index contributed by atoms with van der Waals surface area (Å²) < 4.78 is 0. The minimum absolute atomic E-state index is 0.0803. The van der Waals surface area contributed by atoms with Gasteiger partial charge in [0.1, 0.15) is 5.54 Å². The van der Waals surface area contributed by atoms with E-state index in [2.05, 4.69) is 16.0 Å². The Bertz CT molecular complexity index is 671. The van der Waals surface area contributed by atoms with Crippen molar-refractivity contribution < 1.29 is 24.3 Å². The van der Waals surface area contributed by atoms with Gasteiger partial charge in [-0.15, -0.1) is 0 Å². The molecule has 24 heavy (non-hydrogen) atoms. The molecule has 2 rings (SSSR count). The highest BCUT2D eigenvalue weighted by Crippen LogP contribution is 2.24. The van der Waals surface area contributed by atoms with Crippen molar-refractivity contribution in [1.82, 2.24) is 16.0 Å². The summed E-state index contributed by atoms with van der Waals surface area (Å²) in [5, 5.41) is 16.0. The number of aliphatic carboxylic acids is 1. The summed E-state index contributed by atoms with van der Waals surface area (Å²) in [7, 11) is 0. The van der Waals surface area contributed by atoms with Gasteiger partial charge in [-0.1, -0.05) is 12.1 Å². The smallest absolute Gasteiger partial charge is 0.322 e. The molecule has 0 spiro atoms. The van der Waals surface area contributed by atoms with Crippen LogP contribution in [0.5, 0.6) is 0 Å². The minimum Gasteiger partial charge on any atom is -0.481 e. The molecule has 1 aromatic carbocycles. The Morgan fingerprint density at radius 2 is 1.83 bits per heavy atom. The number of carbonyl (C=O) groups is 4. The topological polar surface area (TPSA) is 125 Å². The molecular weight excluding hydrogens is 314 g/mol. The first kappa shape index (κ1) is 17.5. The van der Waals surface area contributed by atoms with E-state index >= 15 is 0 Å². The van der Waals surface area contributed by atoms with Crippen LogP contribution < -0.4 is 16.0 Å². The van der Waals surface area contributed by atoms with Gasteiger partial charge in [-0.2, -0.15) is 0 Å². The van der Waals surface area contributed by atoms with Crippen LogP contribution >= 0.6 is 0 Å². The van der Waals surface area contributed by atoms with Gasteiger partial charge in [0.25, 0.3) is 11.8 Å². The standard InChI is InChI=1S/C16H19N3O5/c1-16(14(23)18-15(24)19-16)11-7-5-10(6-8-11)13(22)17-9-3-2-4-12(20)21/h5-8H,2-4,9H2,1H3,(H,17,22)(H,20,21)(H2,18,19,23,24). The number of hydrogen-bond acceptors (Lipinski definition) is 4. The predicted molar refractivity (Wildman–Crippen MR) is 84.3 cm³/mol. The highest BCUT2D eigenvalue weighted by molar-refractivity contribution is 6.07. The van der Waals surface area contributed by atoms with E-state index in [9.17, 15) is 19.2 Å². The summed E-state index contributed by atoms with van der Waals surface area (Å²) in [5.41, 5.74) is -0.155. The second-order valence-electron chi connectivity index (χ2n) is 5.72. The van der Waals surface area contributed by atoms with Crippen molar-refractivity contribution in [2.75, 3.05) is 6.54 Å². The van der Waals surface area contributed by atoms with E-state index < -0.39 is 23.4 Å². The molecule has 8 heteroatoms. The molecule has 4 amide bonds. The van der Waals surface area contributed by atoms with Crippen LogP contribution in [0.25, 0.3) is 0 Å². The highest BCUT2D eigenvalue weighted by atomic mass is 16.4. The average Bonchev–Trinajstić information content (AvgIpc) is 2.80. The van der Waals surface area contributed by atoms with Crippen LogP contribution in [-0.2, 0) is 15.1 Å². The van der Waals surface area contributed by atoms with Gasteiger partial charge in [0.05, 0.1) is 0 Å². The number of benzene rings is 1. The third kappa shape index (κ3) is 3.89. The van der Waals surface area contributed by atoms with Crippen molar-refractivity contribution in [3.63, 3.8) is 0 Å². The zero-order chi connectivity index (χ0) is 17.7. The number of carboxylic acids is 1. The molecule has 4 N–H and O–H groups in total. The van der Waals surface area contributed by atoms with Crippen LogP contribution in [0.4, 0.5) is 4.79 Å². The number of imide groups is 1. The number of carboxylic acid groups (broad SMARTS) is 1. The Kier molecular flexibility index (Phi) is 5.18. The SMILES string of the molecule is CC1(c2ccc(C(=O)NCCCCC(=O)O)cc2)NC(=O)NC1=O. The van der Waals surface area contributed by atoms with Crippen LogP contribution in [0.2, 0.25) is 0 Å². The van der Waals surface area contributed by atoms with Crippen molar-refractivity contribution in [2.24, 2.45) is 0 Å². The summed E-state index contributed by atoms with van der Waals surface area (Å²) in [6, 6.07) is 5.83. The Morgan fingerprint density at radius 3 is 2.38 bits per heavy atom. The van der Waals surface area contributed by atoms with Gasteiger partial charge in [-0.05, 0) is 37.5 Å². The summed E-state index contributed by atoms with van der Waals surface area (Å²) in [6.45, 7) is 1.98. The molecule has 8 nitrogen and oxygen atoms in total. The average molecular weight is 333 g/mol. The maximum Gasteiger partial charge on any atom is 0.322 e. The Labute approximate surface area is 138 Å². The fraction of sp³-hybridized carbons (Fsp3) is 0.375. The van der Waals surface area contributed by atoms with E-state index in [1.54, 1.807) is 31.2 Å². The largest absolute Gasteiger partial charge is 0.481 e. The maximum atomic E-state index is 12.0. The number of nitrogens with one attached hydrogen (secondary N) is 3. The Balaban J connectivity index is 1.92. The number of unbranched alkanes of at least 4 members (excludes halogenated alkanes) is 1. The summed E-state index contributed by atoms with van der Waals surface area (Å²) in [5.74, 6) is -1.57. The van der Waals surface area contributed by atoms with Crippen LogP contribution in [0.1, 0.15) is 42.1 Å². The minimum atomic E-state index is -1.15. The van der Waals surface area contributed by atoms with E-state index in [4.69, 9.17) is 5.11 Å². The lowest BCUT2D eigenvalue weighted by Gasteiger charge is -2.21. The lowest BCUT2D eigenvalue weighted by atomic mass is 9.91. The fourth-order valence-electron chi connectivity index (χ4n) is 2.41. The van der Waals surface area contributed by atoms with Crippen LogP contribution in [0.3, 0.4) is 0 Å². The second-order valence-corrected chi connectivity index (χ2v) is 5.72. The molecule has 1 aliphatic heterocycles. The van der Waals surface area contributed by atoms with Gasteiger partial charge in [-0.3, -0.25) is 19.7 Å². The molecule has 1 atom stereocenters. The van der Waals surface area contributed by atoms with Gasteiger partial charge in [-0.25, -0.2) is 4.79 Å². The lowest BCUT2D eigenvalue weighted by molar-refractivity contribution is -0.137. The first-order valence-corrected chi connectivity index (χ1v) is 7.57. The molecule has 1 heterocycles. The zero-order valence-electron chi connectivity index (χ0n) is 13.2. The summed E-state index contributed by atoms with van der Waals surface area (Å²) in [4.78, 5) is 45.5. The quantitative estimate of drug-likeness (QED) is 0.432. The van der Waals surface area contributed by atoms with Gasteiger partial charge >= 0.3 is 12.0 Å². The first-order valence-electron chi connectivity index (χ1n) is 7.57. The van der Waals surface area contributed by atoms with Crippen LogP contribution in [0.15, 0.2) is 24.3 Å². The molecular formula is C16H19N3O5. The molecule has 0 aromatic heterocycles. The lowest BCUT2D eigenvalue weighted by Crippen LogP contribution is -2.40. The number of amides is 4. The van der Waals surface area contributed by atoms with Crippen molar-refractivity contribution in [3.8, 4) is 0 Å². The van der Waals surface area contributed by atoms with E-state index in [1.807, 2.05) is 0 Å². The first-order chi connectivity index (χ1) is 11.3. The number of urea groups is 1. The third-order valence-electron chi connectivity index (χ3n) is 3.87. The third-order valence-corrected chi connectivity index (χ3v) is 3.87. The van der Waals surface area contributed by atoms with Gasteiger partial charge in [0.2, 0.25) is 0 Å². The monoisotopic (exact) mass is 333 g/mol. The number of rotatable bonds is 7. The molecule has 0 bridgehead atoms. The van der Waals surface area contributed by atoms with E-state index in [1.165, 1.54) is 0 Å². The van der Waals surface area contributed by atoms with E-state index in [0.717, 1.165) is 0 Å². The van der Waals surface area contributed by atoms with Crippen LogP contribution in [-0.4, -0.2) is 35.5 Å².